The van der Waals surface area contributed by atoms with Crippen LogP contribution in [0.3, 0.4) is 0 Å². The highest BCUT2D eigenvalue weighted by molar-refractivity contribution is 7.15. The summed E-state index contributed by atoms with van der Waals surface area (Å²) in [4.78, 5) is 5.78. The van der Waals surface area contributed by atoms with Gasteiger partial charge in [-0.05, 0) is 32.2 Å². The second kappa shape index (κ2) is 6.70. The fourth-order valence-electron chi connectivity index (χ4n) is 2.97. The summed E-state index contributed by atoms with van der Waals surface area (Å²) in [6.07, 6.45) is 10.5. The summed E-state index contributed by atoms with van der Waals surface area (Å²) in [6, 6.07) is 0.465. The van der Waals surface area contributed by atoms with Crippen molar-refractivity contribution in [2.45, 2.75) is 51.2 Å². The zero-order valence-corrected chi connectivity index (χ0v) is 12.9. The highest BCUT2D eigenvalue weighted by Gasteiger charge is 2.20. The van der Waals surface area contributed by atoms with Crippen molar-refractivity contribution in [3.63, 3.8) is 0 Å². The smallest absolute Gasteiger partial charge is 0.193 e. The van der Waals surface area contributed by atoms with Crippen LogP contribution in [0.1, 0.15) is 38.3 Å². The van der Waals surface area contributed by atoms with Crippen LogP contribution in [0.2, 0.25) is 0 Å². The topological polar surface area (TPSA) is 38.6 Å². The molecule has 3 heterocycles. The van der Waals surface area contributed by atoms with Crippen molar-refractivity contribution in [1.82, 2.24) is 14.7 Å². The minimum atomic E-state index is 0.427. The van der Waals surface area contributed by atoms with Crippen molar-refractivity contribution in [2.24, 2.45) is 0 Å². The molecule has 5 heteroatoms. The van der Waals surface area contributed by atoms with Crippen molar-refractivity contribution in [1.29, 1.82) is 0 Å². The van der Waals surface area contributed by atoms with Gasteiger partial charge in [0.05, 0.1) is 11.8 Å². The van der Waals surface area contributed by atoms with E-state index in [9.17, 15) is 0 Å². The minimum Gasteiger partial charge on any atom is -0.378 e. The molecule has 0 aliphatic carbocycles. The zero-order valence-electron chi connectivity index (χ0n) is 12.0. The molecule has 3 rings (SSSR count). The fraction of sp³-hybridized carbons (Fsp3) is 0.667. The van der Waals surface area contributed by atoms with Crippen LogP contribution in [-0.2, 0) is 11.2 Å². The lowest BCUT2D eigenvalue weighted by molar-refractivity contribution is 0.00531. The van der Waals surface area contributed by atoms with E-state index in [1.54, 1.807) is 11.3 Å². The molecule has 1 saturated heterocycles. The van der Waals surface area contributed by atoms with Crippen LogP contribution in [0, 0.1) is 0 Å². The number of nitrogens with one attached hydrogen (secondary N) is 1. The van der Waals surface area contributed by atoms with E-state index in [2.05, 4.69) is 39.4 Å². The van der Waals surface area contributed by atoms with E-state index in [0.29, 0.717) is 12.1 Å². The molecule has 2 aromatic heterocycles. The first-order chi connectivity index (χ1) is 9.85. The Morgan fingerprint density at radius 3 is 3.25 bits per heavy atom. The van der Waals surface area contributed by atoms with Gasteiger partial charge >= 0.3 is 0 Å². The lowest BCUT2D eigenvalue weighted by atomic mass is 9.99. The number of hydrogen-bond acceptors (Lipinski definition) is 4. The molecule has 2 unspecified atom stereocenters. The van der Waals surface area contributed by atoms with Crippen LogP contribution in [0.4, 0.5) is 0 Å². The predicted octanol–water partition coefficient (Wildman–Crippen LogP) is 2.88. The Bertz CT molecular complexity index is 501. The third-order valence-electron chi connectivity index (χ3n) is 3.91. The first-order valence-electron chi connectivity index (χ1n) is 7.61. The van der Waals surface area contributed by atoms with Crippen LogP contribution in [0.5, 0.6) is 0 Å². The molecule has 110 valence electrons. The largest absolute Gasteiger partial charge is 0.378 e. The third-order valence-corrected chi connectivity index (χ3v) is 4.68. The van der Waals surface area contributed by atoms with Crippen LogP contribution in [-0.4, -0.2) is 34.7 Å². The maximum atomic E-state index is 5.87. The van der Waals surface area contributed by atoms with E-state index in [0.717, 1.165) is 31.0 Å². The molecule has 0 radical (unpaired) electrons. The molecule has 2 aromatic rings. The number of likely N-dealkylation sites (N-methyl/N-ethyl adjacent to an activating group) is 1. The lowest BCUT2D eigenvalue weighted by Crippen LogP contribution is -2.36. The average molecular weight is 293 g/mol. The van der Waals surface area contributed by atoms with Crippen molar-refractivity contribution in [3.05, 3.63) is 23.5 Å². The maximum absolute atomic E-state index is 5.87. The van der Waals surface area contributed by atoms with Crippen molar-refractivity contribution >= 4 is 16.3 Å². The van der Waals surface area contributed by atoms with E-state index >= 15 is 0 Å². The molecule has 2 atom stereocenters. The van der Waals surface area contributed by atoms with Gasteiger partial charge in [-0.15, -0.1) is 11.3 Å². The van der Waals surface area contributed by atoms with Gasteiger partial charge in [-0.2, -0.15) is 0 Å². The Morgan fingerprint density at radius 2 is 2.50 bits per heavy atom. The SMILES string of the molecule is CCNC(Cc1cn2ccsc2n1)CC1CCCCO1. The van der Waals surface area contributed by atoms with Gasteiger partial charge in [0.15, 0.2) is 4.96 Å². The summed E-state index contributed by atoms with van der Waals surface area (Å²) in [5, 5.41) is 5.66. The highest BCUT2D eigenvalue weighted by Crippen LogP contribution is 2.19. The fourth-order valence-corrected chi connectivity index (χ4v) is 3.68. The molecule has 0 saturated carbocycles. The Morgan fingerprint density at radius 1 is 1.55 bits per heavy atom. The Hall–Kier alpha value is -0.910. The quantitative estimate of drug-likeness (QED) is 0.890. The van der Waals surface area contributed by atoms with Crippen LogP contribution in [0.15, 0.2) is 17.8 Å². The van der Waals surface area contributed by atoms with Crippen LogP contribution in [0.25, 0.3) is 4.96 Å². The van der Waals surface area contributed by atoms with E-state index in [1.807, 2.05) is 0 Å². The number of nitrogens with zero attached hydrogens (tertiary/aromatic N) is 2. The van der Waals surface area contributed by atoms with Gasteiger partial charge in [0.25, 0.3) is 0 Å². The first-order valence-corrected chi connectivity index (χ1v) is 8.49. The normalized spacial score (nSPS) is 21.4. The molecule has 0 aromatic carbocycles. The van der Waals surface area contributed by atoms with Gasteiger partial charge in [0.2, 0.25) is 0 Å². The second-order valence-electron chi connectivity index (χ2n) is 5.51. The molecule has 20 heavy (non-hydrogen) atoms. The molecule has 1 N–H and O–H groups in total. The Kier molecular flexibility index (Phi) is 4.70. The molecule has 4 nitrogen and oxygen atoms in total. The molecule has 1 aliphatic heterocycles. The third kappa shape index (κ3) is 3.40. The number of rotatable bonds is 6. The summed E-state index contributed by atoms with van der Waals surface area (Å²) < 4.78 is 7.98. The molecular formula is C15H23N3OS. The van der Waals surface area contributed by atoms with Crippen LogP contribution >= 0.6 is 11.3 Å². The number of aromatic nitrogens is 2. The number of hydrogen-bond donors (Lipinski definition) is 1. The number of imidazole rings is 1. The zero-order chi connectivity index (χ0) is 13.8. The van der Waals surface area contributed by atoms with Crippen molar-refractivity contribution in [2.75, 3.05) is 13.2 Å². The molecule has 0 spiro atoms. The average Bonchev–Trinajstić information content (AvgIpc) is 3.01. The molecule has 0 bridgehead atoms. The van der Waals surface area contributed by atoms with Crippen LogP contribution < -0.4 is 5.32 Å². The van der Waals surface area contributed by atoms with E-state index in [-0.39, 0.29) is 0 Å². The minimum absolute atomic E-state index is 0.427. The molecule has 1 aliphatic rings. The van der Waals surface area contributed by atoms with Crippen molar-refractivity contribution in [3.8, 4) is 0 Å². The molecule has 0 amide bonds. The summed E-state index contributed by atoms with van der Waals surface area (Å²) in [6.45, 7) is 4.10. The Balaban J connectivity index is 1.62. The van der Waals surface area contributed by atoms with Gasteiger partial charge in [0, 0.05) is 36.8 Å². The predicted molar refractivity (Wildman–Crippen MR) is 82.4 cm³/mol. The summed E-state index contributed by atoms with van der Waals surface area (Å²) in [5.74, 6) is 0. The van der Waals surface area contributed by atoms with Gasteiger partial charge in [-0.25, -0.2) is 4.98 Å². The number of thiazole rings is 1. The molecular weight excluding hydrogens is 270 g/mol. The number of fused-ring (bicyclic) bond motifs is 1. The van der Waals surface area contributed by atoms with Gasteiger partial charge < -0.3 is 10.1 Å². The maximum Gasteiger partial charge on any atom is 0.193 e. The summed E-state index contributed by atoms with van der Waals surface area (Å²) >= 11 is 1.69. The standard InChI is InChI=1S/C15H23N3OS/c1-2-16-12(10-14-5-3-4-7-19-14)9-13-11-18-6-8-20-15(18)17-13/h6,8,11-12,14,16H,2-5,7,9-10H2,1H3. The second-order valence-corrected chi connectivity index (χ2v) is 6.38. The van der Waals surface area contributed by atoms with Gasteiger partial charge in [-0.1, -0.05) is 6.92 Å². The van der Waals surface area contributed by atoms with E-state index < -0.39 is 0 Å². The Labute approximate surface area is 124 Å². The van der Waals surface area contributed by atoms with Gasteiger partial charge in [-0.3, -0.25) is 4.40 Å². The monoisotopic (exact) mass is 293 g/mol. The van der Waals surface area contributed by atoms with Crippen molar-refractivity contribution < 1.29 is 4.74 Å². The van der Waals surface area contributed by atoms with E-state index in [4.69, 9.17) is 4.74 Å². The lowest BCUT2D eigenvalue weighted by Gasteiger charge is -2.27. The van der Waals surface area contributed by atoms with Gasteiger partial charge in [0.1, 0.15) is 0 Å². The highest BCUT2D eigenvalue weighted by atomic mass is 32.1. The summed E-state index contributed by atoms with van der Waals surface area (Å²) in [5.41, 5.74) is 1.18. The summed E-state index contributed by atoms with van der Waals surface area (Å²) in [7, 11) is 0. The molecule has 1 fully saturated rings. The first kappa shape index (κ1) is 14.0. The number of ether oxygens (including phenoxy) is 1. The van der Waals surface area contributed by atoms with E-state index in [1.165, 1.54) is 25.0 Å².